The molecule has 6 nitrogen and oxygen atoms in total. The van der Waals surface area contributed by atoms with E-state index in [1.54, 1.807) is 0 Å². The number of carbonyl (C=O) groups excluding carboxylic acids is 1. The number of carbonyl (C=O) groups is 1. The van der Waals surface area contributed by atoms with Crippen molar-refractivity contribution in [3.63, 3.8) is 0 Å². The molecule has 0 aliphatic carbocycles. The van der Waals surface area contributed by atoms with E-state index in [0.29, 0.717) is 32.2 Å². The summed E-state index contributed by atoms with van der Waals surface area (Å²) in [4.78, 5) is 16.5. The molecule has 1 aromatic carbocycles. The van der Waals surface area contributed by atoms with Crippen molar-refractivity contribution in [2.75, 3.05) is 32.8 Å². The summed E-state index contributed by atoms with van der Waals surface area (Å²) in [6, 6.07) is 9.69. The van der Waals surface area contributed by atoms with Gasteiger partial charge in [-0.3, -0.25) is 9.79 Å². The fraction of sp³-hybridized carbons (Fsp3) is 0.556. The van der Waals surface area contributed by atoms with Gasteiger partial charge in [-0.15, -0.1) is 24.0 Å². The van der Waals surface area contributed by atoms with Crippen LogP contribution in [0.1, 0.15) is 27.7 Å². The van der Waals surface area contributed by atoms with Gasteiger partial charge in [0.15, 0.2) is 5.96 Å². The third-order valence-corrected chi connectivity index (χ3v) is 3.34. The van der Waals surface area contributed by atoms with Crippen LogP contribution < -0.4 is 20.7 Å². The number of hydrogen-bond acceptors (Lipinski definition) is 3. The van der Waals surface area contributed by atoms with E-state index in [2.05, 4.69) is 20.9 Å². The predicted molar refractivity (Wildman–Crippen MR) is 114 cm³/mol. The number of ether oxygens (including phenoxy) is 1. The monoisotopic (exact) mass is 462 g/mol. The molecule has 0 atom stereocenters. The van der Waals surface area contributed by atoms with Crippen LogP contribution in [0.25, 0.3) is 0 Å². The molecule has 0 radical (unpaired) electrons. The molecule has 0 aliphatic rings. The van der Waals surface area contributed by atoms with E-state index in [1.807, 2.05) is 58.0 Å². The lowest BCUT2D eigenvalue weighted by atomic mass is 9.92. The number of amides is 1. The number of para-hydroxylation sites is 1. The quantitative estimate of drug-likeness (QED) is 0.228. The van der Waals surface area contributed by atoms with Crippen LogP contribution in [0.5, 0.6) is 5.75 Å². The van der Waals surface area contributed by atoms with Gasteiger partial charge in [0, 0.05) is 13.1 Å². The van der Waals surface area contributed by atoms with Gasteiger partial charge in [0.1, 0.15) is 12.4 Å². The average molecular weight is 462 g/mol. The van der Waals surface area contributed by atoms with Crippen molar-refractivity contribution in [2.24, 2.45) is 10.4 Å². The molecular formula is C18H31IN4O2. The first-order chi connectivity index (χ1) is 11.5. The van der Waals surface area contributed by atoms with Crippen LogP contribution in [0.2, 0.25) is 0 Å². The molecule has 25 heavy (non-hydrogen) atoms. The lowest BCUT2D eigenvalue weighted by Gasteiger charge is -2.22. The van der Waals surface area contributed by atoms with E-state index < -0.39 is 5.41 Å². The highest BCUT2D eigenvalue weighted by atomic mass is 127. The van der Waals surface area contributed by atoms with Crippen molar-refractivity contribution >= 4 is 35.8 Å². The molecule has 0 unspecified atom stereocenters. The SMILES string of the molecule is CCNC(=O)C(C)(C)CN=C(NCC)NCCOc1ccccc1.I. The van der Waals surface area contributed by atoms with Gasteiger partial charge in [0.05, 0.1) is 18.5 Å². The van der Waals surface area contributed by atoms with E-state index in [-0.39, 0.29) is 29.9 Å². The van der Waals surface area contributed by atoms with E-state index in [0.717, 1.165) is 12.3 Å². The molecular weight excluding hydrogens is 431 g/mol. The van der Waals surface area contributed by atoms with Gasteiger partial charge in [-0.2, -0.15) is 0 Å². The molecule has 1 aromatic rings. The Balaban J connectivity index is 0.00000576. The molecule has 0 spiro atoms. The standard InChI is InChI=1S/C18H30N4O2.HI/c1-5-19-16(23)18(3,4)14-22-17(20-6-2)21-12-13-24-15-10-8-7-9-11-15;/h7-11H,5-6,12-14H2,1-4H3,(H,19,23)(H2,20,21,22);1H. The Labute approximate surface area is 168 Å². The smallest absolute Gasteiger partial charge is 0.227 e. The first-order valence-corrected chi connectivity index (χ1v) is 8.48. The lowest BCUT2D eigenvalue weighted by Crippen LogP contribution is -2.42. The van der Waals surface area contributed by atoms with Gasteiger partial charge in [0.2, 0.25) is 5.91 Å². The molecule has 7 heteroatoms. The molecule has 0 aliphatic heterocycles. The topological polar surface area (TPSA) is 74.8 Å². The van der Waals surface area contributed by atoms with Crippen LogP contribution in [-0.2, 0) is 4.79 Å². The molecule has 0 saturated carbocycles. The van der Waals surface area contributed by atoms with Crippen LogP contribution in [0, 0.1) is 5.41 Å². The second-order valence-electron chi connectivity index (χ2n) is 6.03. The Bertz CT molecular complexity index is 521. The number of hydrogen-bond donors (Lipinski definition) is 3. The number of rotatable bonds is 9. The largest absolute Gasteiger partial charge is 0.492 e. The average Bonchev–Trinajstić information content (AvgIpc) is 2.57. The van der Waals surface area contributed by atoms with Crippen molar-refractivity contribution < 1.29 is 9.53 Å². The third kappa shape index (κ3) is 9.52. The minimum absolute atomic E-state index is 0. The Hall–Kier alpha value is -1.51. The number of benzene rings is 1. The Morgan fingerprint density at radius 2 is 1.72 bits per heavy atom. The highest BCUT2D eigenvalue weighted by Gasteiger charge is 2.26. The van der Waals surface area contributed by atoms with Crippen LogP contribution in [0.15, 0.2) is 35.3 Å². The highest BCUT2D eigenvalue weighted by molar-refractivity contribution is 14.0. The maximum atomic E-state index is 12.0. The van der Waals surface area contributed by atoms with Gasteiger partial charge in [0.25, 0.3) is 0 Å². The summed E-state index contributed by atoms with van der Waals surface area (Å²) in [6.45, 7) is 10.7. The summed E-state index contributed by atoms with van der Waals surface area (Å²) in [5, 5.41) is 9.24. The zero-order valence-electron chi connectivity index (χ0n) is 15.6. The number of aliphatic imine (C=N–C) groups is 1. The Morgan fingerprint density at radius 1 is 1.08 bits per heavy atom. The third-order valence-electron chi connectivity index (χ3n) is 3.34. The summed E-state index contributed by atoms with van der Waals surface area (Å²) < 4.78 is 5.64. The molecule has 0 bridgehead atoms. The normalized spacial score (nSPS) is 11.3. The fourth-order valence-corrected chi connectivity index (χ4v) is 1.95. The maximum absolute atomic E-state index is 12.0. The predicted octanol–water partition coefficient (Wildman–Crippen LogP) is 2.40. The molecule has 1 rings (SSSR count). The van der Waals surface area contributed by atoms with Crippen LogP contribution in [0.4, 0.5) is 0 Å². The Kier molecular flexibility index (Phi) is 12.0. The molecule has 0 aromatic heterocycles. The highest BCUT2D eigenvalue weighted by Crippen LogP contribution is 2.15. The van der Waals surface area contributed by atoms with Gasteiger partial charge >= 0.3 is 0 Å². The first kappa shape index (κ1) is 23.5. The number of halogens is 1. The second-order valence-corrected chi connectivity index (χ2v) is 6.03. The maximum Gasteiger partial charge on any atom is 0.227 e. The minimum Gasteiger partial charge on any atom is -0.492 e. The van der Waals surface area contributed by atoms with Crippen LogP contribution >= 0.6 is 24.0 Å². The van der Waals surface area contributed by atoms with Crippen LogP contribution in [-0.4, -0.2) is 44.7 Å². The summed E-state index contributed by atoms with van der Waals surface area (Å²) in [7, 11) is 0. The van der Waals surface area contributed by atoms with E-state index in [4.69, 9.17) is 4.74 Å². The molecule has 0 heterocycles. The summed E-state index contributed by atoms with van der Waals surface area (Å²) in [5.74, 6) is 1.54. The zero-order chi connectivity index (χ0) is 17.8. The molecule has 0 fully saturated rings. The van der Waals surface area contributed by atoms with Crippen molar-refractivity contribution in [3.8, 4) is 5.75 Å². The molecule has 1 amide bonds. The minimum atomic E-state index is -0.543. The summed E-state index contributed by atoms with van der Waals surface area (Å²) in [5.41, 5.74) is -0.543. The number of nitrogens with one attached hydrogen (secondary N) is 3. The van der Waals surface area contributed by atoms with Gasteiger partial charge in [-0.1, -0.05) is 18.2 Å². The molecule has 0 saturated heterocycles. The van der Waals surface area contributed by atoms with Crippen molar-refractivity contribution in [1.29, 1.82) is 0 Å². The fourth-order valence-electron chi connectivity index (χ4n) is 1.95. The zero-order valence-corrected chi connectivity index (χ0v) is 17.9. The van der Waals surface area contributed by atoms with Crippen LogP contribution in [0.3, 0.4) is 0 Å². The lowest BCUT2D eigenvalue weighted by molar-refractivity contribution is -0.128. The second kappa shape index (κ2) is 12.8. The van der Waals surface area contributed by atoms with E-state index in [9.17, 15) is 4.79 Å². The number of guanidine groups is 1. The molecule has 3 N–H and O–H groups in total. The van der Waals surface area contributed by atoms with Crippen molar-refractivity contribution in [2.45, 2.75) is 27.7 Å². The Morgan fingerprint density at radius 3 is 2.32 bits per heavy atom. The van der Waals surface area contributed by atoms with Crippen molar-refractivity contribution in [1.82, 2.24) is 16.0 Å². The molecule has 142 valence electrons. The summed E-state index contributed by atoms with van der Waals surface area (Å²) >= 11 is 0. The van der Waals surface area contributed by atoms with E-state index in [1.165, 1.54) is 0 Å². The first-order valence-electron chi connectivity index (χ1n) is 8.48. The number of nitrogens with zero attached hydrogens (tertiary/aromatic N) is 1. The van der Waals surface area contributed by atoms with Crippen molar-refractivity contribution in [3.05, 3.63) is 30.3 Å². The van der Waals surface area contributed by atoms with Gasteiger partial charge in [-0.05, 0) is 39.8 Å². The van der Waals surface area contributed by atoms with E-state index >= 15 is 0 Å². The van der Waals surface area contributed by atoms with Gasteiger partial charge < -0.3 is 20.7 Å². The van der Waals surface area contributed by atoms with Gasteiger partial charge in [-0.25, -0.2) is 0 Å². The summed E-state index contributed by atoms with van der Waals surface area (Å²) in [6.07, 6.45) is 0.